The summed E-state index contributed by atoms with van der Waals surface area (Å²) >= 11 is 5.81. The molecule has 0 aliphatic rings. The van der Waals surface area contributed by atoms with E-state index in [0.717, 1.165) is 0 Å². The van der Waals surface area contributed by atoms with Crippen molar-refractivity contribution in [1.82, 2.24) is 0 Å². The highest BCUT2D eigenvalue weighted by Crippen LogP contribution is 2.34. The first kappa shape index (κ1) is 16.0. The number of rotatable bonds is 7. The molecule has 0 aromatic heterocycles. The molecule has 1 aromatic carbocycles. The lowest BCUT2D eigenvalue weighted by molar-refractivity contribution is -0.385. The Morgan fingerprint density at radius 1 is 1.32 bits per heavy atom. The van der Waals surface area contributed by atoms with E-state index in [9.17, 15) is 18.5 Å². The van der Waals surface area contributed by atoms with Crippen molar-refractivity contribution >= 4 is 37.0 Å². The van der Waals surface area contributed by atoms with Crippen molar-refractivity contribution in [2.45, 2.75) is 12.8 Å². The van der Waals surface area contributed by atoms with E-state index in [2.05, 4.69) is 0 Å². The van der Waals surface area contributed by atoms with Crippen LogP contribution >= 0.6 is 22.3 Å². The van der Waals surface area contributed by atoms with Crippen molar-refractivity contribution in [1.29, 1.82) is 0 Å². The molecule has 0 saturated heterocycles. The molecule has 0 radical (unpaired) electrons. The van der Waals surface area contributed by atoms with Crippen LogP contribution in [0.2, 0.25) is 5.02 Å². The first-order chi connectivity index (χ1) is 8.81. The van der Waals surface area contributed by atoms with Crippen LogP contribution in [-0.2, 0) is 9.05 Å². The van der Waals surface area contributed by atoms with Gasteiger partial charge in [0, 0.05) is 16.7 Å². The standard InChI is InChI=1S/C10H11Cl2NO5S/c11-8-4-3-5-9(13(14)15)10(8)18-6-1-2-7-19(12,16)17/h3-5H,1-2,6-7H2. The molecule has 0 aliphatic heterocycles. The molecule has 6 nitrogen and oxygen atoms in total. The van der Waals surface area contributed by atoms with E-state index < -0.39 is 14.0 Å². The molecule has 0 aliphatic carbocycles. The molecule has 0 atom stereocenters. The lowest BCUT2D eigenvalue weighted by Crippen LogP contribution is -2.04. The molecule has 0 amide bonds. The maximum Gasteiger partial charge on any atom is 0.312 e. The lowest BCUT2D eigenvalue weighted by atomic mass is 10.3. The maximum absolute atomic E-state index is 10.8. The van der Waals surface area contributed by atoms with Crippen molar-refractivity contribution in [2.24, 2.45) is 0 Å². The van der Waals surface area contributed by atoms with Crippen molar-refractivity contribution in [3.05, 3.63) is 33.3 Å². The van der Waals surface area contributed by atoms with Crippen LogP contribution in [0.25, 0.3) is 0 Å². The quantitative estimate of drug-likeness (QED) is 0.332. The molecular weight excluding hydrogens is 317 g/mol. The normalized spacial score (nSPS) is 11.3. The van der Waals surface area contributed by atoms with E-state index >= 15 is 0 Å². The van der Waals surface area contributed by atoms with Crippen LogP contribution in [-0.4, -0.2) is 25.7 Å². The third kappa shape index (κ3) is 5.63. The number of halogens is 2. The van der Waals surface area contributed by atoms with Gasteiger partial charge in [0.1, 0.15) is 0 Å². The summed E-state index contributed by atoms with van der Waals surface area (Å²) in [5.74, 6) is -0.175. The monoisotopic (exact) mass is 327 g/mol. The topological polar surface area (TPSA) is 86.5 Å². The Morgan fingerprint density at radius 2 is 2.00 bits per heavy atom. The molecule has 1 aromatic rings. The summed E-state index contributed by atoms with van der Waals surface area (Å²) in [5, 5.41) is 10.9. The molecule has 106 valence electrons. The van der Waals surface area contributed by atoms with Crippen LogP contribution in [0.5, 0.6) is 5.75 Å². The van der Waals surface area contributed by atoms with Crippen molar-refractivity contribution in [3.8, 4) is 5.75 Å². The molecule has 0 fully saturated rings. The second-order valence-corrected chi connectivity index (χ2v) is 6.95. The number of para-hydroxylation sites is 1. The lowest BCUT2D eigenvalue weighted by Gasteiger charge is -2.07. The van der Waals surface area contributed by atoms with Crippen LogP contribution in [0, 0.1) is 10.1 Å². The average Bonchev–Trinajstić information content (AvgIpc) is 2.28. The van der Waals surface area contributed by atoms with Gasteiger partial charge >= 0.3 is 5.69 Å². The van der Waals surface area contributed by atoms with E-state index in [1.165, 1.54) is 18.2 Å². The summed E-state index contributed by atoms with van der Waals surface area (Å²) in [7, 11) is 1.53. The molecule has 0 bridgehead atoms. The Balaban J connectivity index is 2.56. The van der Waals surface area contributed by atoms with Crippen LogP contribution in [0.4, 0.5) is 5.69 Å². The number of nitrogens with zero attached hydrogens (tertiary/aromatic N) is 1. The Labute approximate surface area is 119 Å². The van der Waals surface area contributed by atoms with Gasteiger partial charge in [0.2, 0.25) is 14.8 Å². The Morgan fingerprint density at radius 3 is 2.58 bits per heavy atom. The van der Waals surface area contributed by atoms with E-state index in [-0.39, 0.29) is 28.8 Å². The van der Waals surface area contributed by atoms with E-state index in [4.69, 9.17) is 27.0 Å². The number of ether oxygens (including phenoxy) is 1. The fraction of sp³-hybridized carbons (Fsp3) is 0.400. The fourth-order valence-corrected chi connectivity index (χ4v) is 2.44. The number of benzene rings is 1. The predicted molar refractivity (Wildman–Crippen MR) is 72.5 cm³/mol. The van der Waals surface area contributed by atoms with Crippen LogP contribution < -0.4 is 4.74 Å². The van der Waals surface area contributed by atoms with Gasteiger partial charge in [-0.1, -0.05) is 17.7 Å². The number of nitro benzene ring substituents is 1. The van der Waals surface area contributed by atoms with Gasteiger partial charge in [-0.25, -0.2) is 8.42 Å². The molecule has 0 unspecified atom stereocenters. The molecule has 0 heterocycles. The largest absolute Gasteiger partial charge is 0.486 e. The minimum atomic E-state index is -3.52. The van der Waals surface area contributed by atoms with Gasteiger partial charge in [-0.05, 0) is 18.9 Å². The molecule has 1 rings (SSSR count). The Bertz CT molecular complexity index is 561. The predicted octanol–water partition coefficient (Wildman–Crippen LogP) is 2.98. The van der Waals surface area contributed by atoms with Gasteiger partial charge in [-0.15, -0.1) is 0 Å². The van der Waals surface area contributed by atoms with E-state index in [0.29, 0.717) is 12.8 Å². The summed E-state index contributed by atoms with van der Waals surface area (Å²) in [6, 6.07) is 4.21. The Kier molecular flexibility index (Phi) is 5.84. The first-order valence-corrected chi connectivity index (χ1v) is 8.15. The molecular formula is C10H11Cl2NO5S. The number of hydrogen-bond donors (Lipinski definition) is 0. The number of unbranched alkanes of at least 4 members (excludes halogenated alkanes) is 1. The van der Waals surface area contributed by atoms with Gasteiger partial charge in [0.05, 0.1) is 22.3 Å². The van der Waals surface area contributed by atoms with Gasteiger partial charge in [0.15, 0.2) is 0 Å². The highest BCUT2D eigenvalue weighted by molar-refractivity contribution is 8.13. The van der Waals surface area contributed by atoms with Gasteiger partial charge in [0.25, 0.3) is 0 Å². The SMILES string of the molecule is O=[N+]([O-])c1cccc(Cl)c1OCCCCS(=O)(=O)Cl. The Hall–Kier alpha value is -1.05. The minimum absolute atomic E-state index is 0.0112. The molecule has 0 spiro atoms. The van der Waals surface area contributed by atoms with E-state index in [1.54, 1.807) is 0 Å². The van der Waals surface area contributed by atoms with Crippen LogP contribution in [0.15, 0.2) is 18.2 Å². The first-order valence-electron chi connectivity index (χ1n) is 5.29. The van der Waals surface area contributed by atoms with Crippen LogP contribution in [0.1, 0.15) is 12.8 Å². The van der Waals surface area contributed by atoms with E-state index in [1.807, 2.05) is 0 Å². The van der Waals surface area contributed by atoms with Gasteiger partial charge < -0.3 is 4.74 Å². The second kappa shape index (κ2) is 6.93. The zero-order valence-corrected chi connectivity index (χ0v) is 12.0. The summed E-state index contributed by atoms with van der Waals surface area (Å²) in [6.45, 7) is 0.122. The molecule has 9 heteroatoms. The fourth-order valence-electron chi connectivity index (χ4n) is 1.33. The highest BCUT2D eigenvalue weighted by Gasteiger charge is 2.17. The summed E-state index contributed by atoms with van der Waals surface area (Å²) in [4.78, 5) is 10.2. The van der Waals surface area contributed by atoms with Crippen molar-refractivity contribution in [3.63, 3.8) is 0 Å². The molecule has 0 N–H and O–H groups in total. The second-order valence-electron chi connectivity index (χ2n) is 3.64. The zero-order valence-electron chi connectivity index (χ0n) is 9.71. The maximum atomic E-state index is 10.8. The summed E-state index contributed by atoms with van der Waals surface area (Å²) in [6.07, 6.45) is 0.707. The summed E-state index contributed by atoms with van der Waals surface area (Å²) < 4.78 is 26.6. The highest BCUT2D eigenvalue weighted by atomic mass is 35.7. The minimum Gasteiger partial charge on any atom is -0.486 e. The smallest absolute Gasteiger partial charge is 0.312 e. The molecule has 0 saturated carbocycles. The van der Waals surface area contributed by atoms with Gasteiger partial charge in [-0.2, -0.15) is 0 Å². The van der Waals surface area contributed by atoms with Crippen LogP contribution in [0.3, 0.4) is 0 Å². The van der Waals surface area contributed by atoms with Crippen molar-refractivity contribution < 1.29 is 18.1 Å². The molecule has 19 heavy (non-hydrogen) atoms. The van der Waals surface area contributed by atoms with Gasteiger partial charge in [-0.3, -0.25) is 10.1 Å². The number of nitro groups is 1. The summed E-state index contributed by atoms with van der Waals surface area (Å²) in [5.41, 5.74) is -0.225. The third-order valence-corrected chi connectivity index (χ3v) is 3.71. The average molecular weight is 328 g/mol. The third-order valence-electron chi connectivity index (χ3n) is 2.17. The number of hydrogen-bond acceptors (Lipinski definition) is 5. The van der Waals surface area contributed by atoms with Crippen molar-refractivity contribution in [2.75, 3.05) is 12.4 Å². The zero-order chi connectivity index (χ0) is 14.5.